The van der Waals surface area contributed by atoms with Crippen LogP contribution in [0.5, 0.6) is 0 Å². The summed E-state index contributed by atoms with van der Waals surface area (Å²) in [6.45, 7) is 0.432. The lowest BCUT2D eigenvalue weighted by Crippen LogP contribution is -2.13. The van der Waals surface area contributed by atoms with Crippen molar-refractivity contribution < 1.29 is 8.42 Å². The molecule has 2 aromatic rings. The lowest BCUT2D eigenvalue weighted by atomic mass is 10.2. The number of hydrogen-bond donors (Lipinski definition) is 3. The summed E-state index contributed by atoms with van der Waals surface area (Å²) in [7, 11) is -1.87. The van der Waals surface area contributed by atoms with Crippen molar-refractivity contribution >= 4 is 21.4 Å². The van der Waals surface area contributed by atoms with Gasteiger partial charge in [-0.2, -0.15) is 0 Å². The van der Waals surface area contributed by atoms with Crippen molar-refractivity contribution in [3.05, 3.63) is 36.4 Å². The van der Waals surface area contributed by atoms with Crippen LogP contribution in [0.3, 0.4) is 0 Å². The average Bonchev–Trinajstić information content (AvgIpc) is 2.72. The third-order valence-corrected chi connectivity index (χ3v) is 3.62. The van der Waals surface area contributed by atoms with Crippen LogP contribution in [0.25, 0.3) is 0 Å². The minimum atomic E-state index is -3.74. The van der Waals surface area contributed by atoms with Gasteiger partial charge in [0, 0.05) is 19.4 Å². The summed E-state index contributed by atoms with van der Waals surface area (Å²) in [4.78, 5) is 4.17. The lowest BCUT2D eigenvalue weighted by molar-refractivity contribution is 0.598. The van der Waals surface area contributed by atoms with E-state index in [0.29, 0.717) is 17.9 Å². The summed E-state index contributed by atoms with van der Waals surface area (Å²) in [5, 5.41) is 8.12. The monoisotopic (exact) mass is 281 g/mol. The highest BCUT2D eigenvalue weighted by Crippen LogP contribution is 2.22. The van der Waals surface area contributed by atoms with Crippen molar-refractivity contribution in [3.63, 3.8) is 0 Å². The standard InChI is InChI=1S/C11H15N5O2S/c1-16-5-4-14-11(16)7-15-10-6-8(19(13,17)18)2-3-9(10)12/h2-6,15H,7,12H2,1H3,(H2,13,17,18). The molecule has 0 aliphatic heterocycles. The van der Waals surface area contributed by atoms with E-state index in [1.54, 1.807) is 6.20 Å². The Morgan fingerprint density at radius 3 is 2.74 bits per heavy atom. The molecule has 1 aromatic carbocycles. The number of nitrogens with one attached hydrogen (secondary N) is 1. The van der Waals surface area contributed by atoms with Gasteiger partial charge in [-0.15, -0.1) is 0 Å². The quantitative estimate of drug-likeness (QED) is 0.695. The Balaban J connectivity index is 2.23. The smallest absolute Gasteiger partial charge is 0.238 e. The molecule has 1 aromatic heterocycles. The van der Waals surface area contributed by atoms with Crippen molar-refractivity contribution in [2.45, 2.75) is 11.4 Å². The Kier molecular flexibility index (Phi) is 3.45. The van der Waals surface area contributed by atoms with E-state index in [4.69, 9.17) is 10.9 Å². The molecular weight excluding hydrogens is 266 g/mol. The molecule has 19 heavy (non-hydrogen) atoms. The van der Waals surface area contributed by atoms with Gasteiger partial charge in [0.15, 0.2) is 0 Å². The zero-order chi connectivity index (χ0) is 14.0. The highest BCUT2D eigenvalue weighted by Gasteiger charge is 2.10. The van der Waals surface area contributed by atoms with Crippen LogP contribution in [0.15, 0.2) is 35.5 Å². The highest BCUT2D eigenvalue weighted by atomic mass is 32.2. The van der Waals surface area contributed by atoms with Gasteiger partial charge in [0.2, 0.25) is 10.0 Å². The summed E-state index contributed by atoms with van der Waals surface area (Å²) in [5.74, 6) is 0.806. The first-order valence-corrected chi connectivity index (χ1v) is 7.05. The second kappa shape index (κ2) is 4.90. The minimum absolute atomic E-state index is 0.0176. The molecule has 0 saturated heterocycles. The van der Waals surface area contributed by atoms with E-state index < -0.39 is 10.0 Å². The van der Waals surface area contributed by atoms with Gasteiger partial charge in [0.05, 0.1) is 22.8 Å². The van der Waals surface area contributed by atoms with Crippen LogP contribution < -0.4 is 16.2 Å². The van der Waals surface area contributed by atoms with Gasteiger partial charge < -0.3 is 15.6 Å². The molecule has 0 unspecified atom stereocenters. The van der Waals surface area contributed by atoms with Gasteiger partial charge in [0.25, 0.3) is 0 Å². The fourth-order valence-electron chi connectivity index (χ4n) is 1.61. The van der Waals surface area contributed by atoms with Crippen molar-refractivity contribution in [1.82, 2.24) is 9.55 Å². The van der Waals surface area contributed by atoms with Crippen molar-refractivity contribution in [2.75, 3.05) is 11.1 Å². The van der Waals surface area contributed by atoms with Crippen LogP contribution in [0, 0.1) is 0 Å². The van der Waals surface area contributed by atoms with Gasteiger partial charge in [0.1, 0.15) is 5.82 Å². The summed E-state index contributed by atoms with van der Waals surface area (Å²) in [5.41, 5.74) is 6.74. The third-order valence-electron chi connectivity index (χ3n) is 2.71. The second-order valence-corrected chi connectivity index (χ2v) is 5.66. The average molecular weight is 281 g/mol. The maximum Gasteiger partial charge on any atom is 0.238 e. The zero-order valence-electron chi connectivity index (χ0n) is 10.4. The molecule has 2 rings (SSSR count). The zero-order valence-corrected chi connectivity index (χ0v) is 11.2. The number of primary sulfonamides is 1. The topological polar surface area (TPSA) is 116 Å². The molecule has 0 radical (unpaired) electrons. The summed E-state index contributed by atoms with van der Waals surface area (Å²) in [6.07, 6.45) is 3.50. The summed E-state index contributed by atoms with van der Waals surface area (Å²) >= 11 is 0. The highest BCUT2D eigenvalue weighted by molar-refractivity contribution is 7.89. The molecule has 0 amide bonds. The first-order valence-electron chi connectivity index (χ1n) is 5.50. The Morgan fingerprint density at radius 1 is 1.42 bits per heavy atom. The van der Waals surface area contributed by atoms with E-state index >= 15 is 0 Å². The number of rotatable bonds is 4. The number of anilines is 2. The lowest BCUT2D eigenvalue weighted by Gasteiger charge is -2.10. The number of nitrogens with zero attached hydrogens (tertiary/aromatic N) is 2. The van der Waals surface area contributed by atoms with Crippen molar-refractivity contribution in [3.8, 4) is 0 Å². The van der Waals surface area contributed by atoms with E-state index in [1.807, 2.05) is 17.8 Å². The summed E-state index contributed by atoms with van der Waals surface area (Å²) < 4.78 is 24.4. The molecule has 0 saturated carbocycles. The molecule has 102 valence electrons. The van der Waals surface area contributed by atoms with Crippen LogP contribution in [0.4, 0.5) is 11.4 Å². The van der Waals surface area contributed by atoms with Gasteiger partial charge in [-0.3, -0.25) is 0 Å². The molecule has 0 aliphatic rings. The molecule has 0 atom stereocenters. The molecule has 0 bridgehead atoms. The fourth-order valence-corrected chi connectivity index (χ4v) is 2.15. The normalized spacial score (nSPS) is 11.5. The van der Waals surface area contributed by atoms with Crippen LogP contribution in [0.1, 0.15) is 5.82 Å². The largest absolute Gasteiger partial charge is 0.397 e. The SMILES string of the molecule is Cn1ccnc1CNc1cc(S(N)(=O)=O)ccc1N. The first kappa shape index (κ1) is 13.4. The summed E-state index contributed by atoms with van der Waals surface area (Å²) in [6, 6.07) is 4.28. The molecule has 1 heterocycles. The molecule has 0 fully saturated rings. The number of nitrogen functional groups attached to an aromatic ring is 1. The number of aryl methyl sites for hydroxylation is 1. The van der Waals surface area contributed by atoms with E-state index in [2.05, 4.69) is 10.3 Å². The molecular formula is C11H15N5O2S. The van der Waals surface area contributed by atoms with Crippen LogP contribution in [-0.4, -0.2) is 18.0 Å². The van der Waals surface area contributed by atoms with E-state index in [-0.39, 0.29) is 4.90 Å². The number of imidazole rings is 1. The maximum absolute atomic E-state index is 11.3. The first-order chi connectivity index (χ1) is 8.88. The molecule has 5 N–H and O–H groups in total. The number of hydrogen-bond acceptors (Lipinski definition) is 5. The minimum Gasteiger partial charge on any atom is -0.397 e. The van der Waals surface area contributed by atoms with Crippen molar-refractivity contribution in [2.24, 2.45) is 12.2 Å². The molecule has 7 nitrogen and oxygen atoms in total. The van der Waals surface area contributed by atoms with Gasteiger partial charge in [-0.25, -0.2) is 18.5 Å². The number of sulfonamides is 1. The molecule has 0 spiro atoms. The number of benzene rings is 1. The Morgan fingerprint density at radius 2 is 2.16 bits per heavy atom. The van der Waals surface area contributed by atoms with Gasteiger partial charge in [-0.1, -0.05) is 0 Å². The predicted octanol–water partition coefficient (Wildman–Crippen LogP) is 0.262. The predicted molar refractivity (Wildman–Crippen MR) is 72.8 cm³/mol. The molecule has 8 heteroatoms. The Bertz CT molecular complexity index is 693. The van der Waals surface area contributed by atoms with E-state index in [9.17, 15) is 8.42 Å². The van der Waals surface area contributed by atoms with Crippen LogP contribution in [0.2, 0.25) is 0 Å². The van der Waals surface area contributed by atoms with Crippen LogP contribution in [-0.2, 0) is 23.6 Å². The third kappa shape index (κ3) is 3.04. The van der Waals surface area contributed by atoms with E-state index in [1.165, 1.54) is 18.2 Å². The van der Waals surface area contributed by atoms with E-state index in [0.717, 1.165) is 5.82 Å². The van der Waals surface area contributed by atoms with Crippen molar-refractivity contribution in [1.29, 1.82) is 0 Å². The molecule has 0 aliphatic carbocycles. The maximum atomic E-state index is 11.3. The number of nitrogens with two attached hydrogens (primary N) is 2. The number of aromatic nitrogens is 2. The second-order valence-electron chi connectivity index (χ2n) is 4.10. The van der Waals surface area contributed by atoms with Gasteiger partial charge in [-0.05, 0) is 18.2 Å². The van der Waals surface area contributed by atoms with Gasteiger partial charge >= 0.3 is 0 Å². The fraction of sp³-hybridized carbons (Fsp3) is 0.182. The Hall–Kier alpha value is -2.06. The van der Waals surface area contributed by atoms with Crippen LogP contribution >= 0.6 is 0 Å². The Labute approximate surface area is 111 Å².